The summed E-state index contributed by atoms with van der Waals surface area (Å²) in [7, 11) is -3.46. The SMILES string of the molecule is CCS(=O)(=O)Nc1cc(C#N)cc(F)c1C. The van der Waals surface area contributed by atoms with Crippen LogP contribution in [-0.4, -0.2) is 14.2 Å². The third-order valence-electron chi connectivity index (χ3n) is 2.12. The highest BCUT2D eigenvalue weighted by molar-refractivity contribution is 7.92. The highest BCUT2D eigenvalue weighted by Crippen LogP contribution is 2.21. The van der Waals surface area contributed by atoms with Gasteiger partial charge in [-0.05, 0) is 26.0 Å². The Hall–Kier alpha value is -1.61. The lowest BCUT2D eigenvalue weighted by Crippen LogP contribution is -2.15. The predicted molar refractivity (Wildman–Crippen MR) is 58.9 cm³/mol. The first kappa shape index (κ1) is 12.5. The van der Waals surface area contributed by atoms with Crippen molar-refractivity contribution in [3.05, 3.63) is 29.1 Å². The molecule has 0 aliphatic heterocycles. The largest absolute Gasteiger partial charge is 0.283 e. The zero-order valence-corrected chi connectivity index (χ0v) is 9.73. The van der Waals surface area contributed by atoms with Gasteiger partial charge in [0.25, 0.3) is 0 Å². The second-order valence-corrected chi connectivity index (χ2v) is 5.26. The van der Waals surface area contributed by atoms with Crippen LogP contribution in [0.5, 0.6) is 0 Å². The summed E-state index contributed by atoms with van der Waals surface area (Å²) in [5, 5.41) is 8.64. The van der Waals surface area contributed by atoms with Crippen LogP contribution >= 0.6 is 0 Å². The first-order valence-corrected chi connectivity index (χ1v) is 6.25. The summed E-state index contributed by atoms with van der Waals surface area (Å²) < 4.78 is 38.2. The second kappa shape index (κ2) is 4.49. The van der Waals surface area contributed by atoms with Gasteiger partial charge >= 0.3 is 0 Å². The highest BCUT2D eigenvalue weighted by atomic mass is 32.2. The lowest BCUT2D eigenvalue weighted by Gasteiger charge is -2.10. The van der Waals surface area contributed by atoms with Crippen molar-refractivity contribution in [2.45, 2.75) is 13.8 Å². The lowest BCUT2D eigenvalue weighted by molar-refractivity contribution is 0.602. The Bertz CT molecular complexity index is 547. The van der Waals surface area contributed by atoms with Crippen LogP contribution in [0.1, 0.15) is 18.1 Å². The average molecular weight is 242 g/mol. The van der Waals surface area contributed by atoms with E-state index < -0.39 is 15.8 Å². The minimum absolute atomic E-state index is 0.0805. The summed E-state index contributed by atoms with van der Waals surface area (Å²) in [6.07, 6.45) is 0. The van der Waals surface area contributed by atoms with Gasteiger partial charge in [0.05, 0.1) is 23.1 Å². The number of anilines is 1. The van der Waals surface area contributed by atoms with Crippen molar-refractivity contribution < 1.29 is 12.8 Å². The van der Waals surface area contributed by atoms with E-state index >= 15 is 0 Å². The van der Waals surface area contributed by atoms with Crippen LogP contribution in [0.25, 0.3) is 0 Å². The highest BCUT2D eigenvalue weighted by Gasteiger charge is 2.12. The summed E-state index contributed by atoms with van der Waals surface area (Å²) in [6.45, 7) is 2.92. The molecule has 1 aromatic carbocycles. The van der Waals surface area contributed by atoms with Crippen molar-refractivity contribution in [3.8, 4) is 6.07 Å². The Kier molecular flexibility index (Phi) is 3.50. The summed E-state index contributed by atoms with van der Waals surface area (Å²) in [5.74, 6) is -0.710. The molecule has 0 aliphatic carbocycles. The Labute approximate surface area is 93.8 Å². The molecule has 86 valence electrons. The number of hydrogen-bond donors (Lipinski definition) is 1. The second-order valence-electron chi connectivity index (χ2n) is 3.25. The van der Waals surface area contributed by atoms with Crippen molar-refractivity contribution in [3.63, 3.8) is 0 Å². The van der Waals surface area contributed by atoms with E-state index in [1.54, 1.807) is 6.07 Å². The van der Waals surface area contributed by atoms with E-state index in [1.807, 2.05) is 0 Å². The van der Waals surface area contributed by atoms with Crippen LogP contribution in [-0.2, 0) is 10.0 Å². The zero-order valence-electron chi connectivity index (χ0n) is 8.91. The lowest BCUT2D eigenvalue weighted by atomic mass is 10.1. The molecule has 0 aliphatic rings. The van der Waals surface area contributed by atoms with Gasteiger partial charge in [0.2, 0.25) is 10.0 Å². The zero-order chi connectivity index (χ0) is 12.3. The van der Waals surface area contributed by atoms with Gasteiger partial charge in [0.1, 0.15) is 5.82 Å². The van der Waals surface area contributed by atoms with Crippen LogP contribution in [0, 0.1) is 24.1 Å². The van der Waals surface area contributed by atoms with E-state index in [1.165, 1.54) is 19.9 Å². The Balaban J connectivity index is 3.25. The monoisotopic (exact) mass is 242 g/mol. The van der Waals surface area contributed by atoms with Crippen molar-refractivity contribution in [2.75, 3.05) is 10.5 Å². The average Bonchev–Trinajstić information content (AvgIpc) is 2.24. The molecular weight excluding hydrogens is 231 g/mol. The molecule has 1 N–H and O–H groups in total. The van der Waals surface area contributed by atoms with Gasteiger partial charge < -0.3 is 0 Å². The fourth-order valence-corrected chi connectivity index (χ4v) is 1.78. The molecule has 0 aromatic heterocycles. The molecule has 1 aromatic rings. The molecule has 0 atom stereocenters. The van der Waals surface area contributed by atoms with Crippen molar-refractivity contribution in [1.29, 1.82) is 5.26 Å². The summed E-state index contributed by atoms with van der Waals surface area (Å²) >= 11 is 0. The number of hydrogen-bond acceptors (Lipinski definition) is 3. The molecule has 0 amide bonds. The molecular formula is C10H11FN2O2S. The number of nitrogens with zero attached hydrogens (tertiary/aromatic N) is 1. The van der Waals surface area contributed by atoms with Crippen LogP contribution in [0.2, 0.25) is 0 Å². The number of nitrogens with one attached hydrogen (secondary N) is 1. The third-order valence-corrected chi connectivity index (χ3v) is 3.41. The molecule has 0 fully saturated rings. The third kappa shape index (κ3) is 2.70. The summed E-state index contributed by atoms with van der Waals surface area (Å²) in [6, 6.07) is 4.14. The quantitative estimate of drug-likeness (QED) is 0.878. The Morgan fingerprint density at radius 3 is 2.62 bits per heavy atom. The molecule has 1 rings (SSSR count). The van der Waals surface area contributed by atoms with Crippen molar-refractivity contribution >= 4 is 15.7 Å². The topological polar surface area (TPSA) is 70.0 Å². The van der Waals surface area contributed by atoms with Gasteiger partial charge in [-0.1, -0.05) is 0 Å². The fraction of sp³-hybridized carbons (Fsp3) is 0.300. The van der Waals surface area contributed by atoms with Gasteiger partial charge in [-0.25, -0.2) is 12.8 Å². The van der Waals surface area contributed by atoms with E-state index in [0.29, 0.717) is 0 Å². The normalized spacial score (nSPS) is 10.9. The smallest absolute Gasteiger partial charge is 0.232 e. The number of rotatable bonds is 3. The van der Waals surface area contributed by atoms with Crippen LogP contribution < -0.4 is 4.72 Å². The first-order valence-electron chi connectivity index (χ1n) is 4.60. The minimum Gasteiger partial charge on any atom is -0.283 e. The number of benzene rings is 1. The molecule has 0 saturated carbocycles. The summed E-state index contributed by atoms with van der Waals surface area (Å²) in [4.78, 5) is 0. The molecule has 0 unspecified atom stereocenters. The van der Waals surface area contributed by atoms with E-state index in [9.17, 15) is 12.8 Å². The Morgan fingerprint density at radius 2 is 2.12 bits per heavy atom. The maximum Gasteiger partial charge on any atom is 0.232 e. The maximum atomic E-state index is 13.3. The van der Waals surface area contributed by atoms with Gasteiger partial charge in [-0.2, -0.15) is 5.26 Å². The first-order chi connectivity index (χ1) is 7.39. The molecule has 0 bridgehead atoms. The predicted octanol–water partition coefficient (Wildman–Crippen LogP) is 1.77. The van der Waals surface area contributed by atoms with Gasteiger partial charge in [0, 0.05) is 5.56 Å². The van der Waals surface area contributed by atoms with Crippen LogP contribution in [0.3, 0.4) is 0 Å². The van der Waals surface area contributed by atoms with Crippen molar-refractivity contribution in [1.82, 2.24) is 0 Å². The van der Waals surface area contributed by atoms with Gasteiger partial charge in [0.15, 0.2) is 0 Å². The van der Waals surface area contributed by atoms with E-state index in [-0.39, 0.29) is 22.6 Å². The van der Waals surface area contributed by atoms with E-state index in [0.717, 1.165) is 6.07 Å². The molecule has 0 spiro atoms. The fourth-order valence-electron chi connectivity index (χ4n) is 1.09. The van der Waals surface area contributed by atoms with E-state index in [2.05, 4.69) is 4.72 Å². The molecule has 4 nitrogen and oxygen atoms in total. The van der Waals surface area contributed by atoms with Crippen LogP contribution in [0.4, 0.5) is 10.1 Å². The van der Waals surface area contributed by atoms with E-state index in [4.69, 9.17) is 5.26 Å². The Morgan fingerprint density at radius 1 is 1.50 bits per heavy atom. The maximum absolute atomic E-state index is 13.3. The van der Waals surface area contributed by atoms with Crippen LogP contribution in [0.15, 0.2) is 12.1 Å². The minimum atomic E-state index is -3.46. The van der Waals surface area contributed by atoms with Gasteiger partial charge in [-0.15, -0.1) is 0 Å². The molecule has 16 heavy (non-hydrogen) atoms. The number of halogens is 1. The molecule has 0 radical (unpaired) electrons. The molecule has 0 saturated heterocycles. The van der Waals surface area contributed by atoms with Gasteiger partial charge in [-0.3, -0.25) is 4.72 Å². The number of sulfonamides is 1. The number of nitriles is 1. The van der Waals surface area contributed by atoms with Crippen molar-refractivity contribution in [2.24, 2.45) is 0 Å². The molecule has 0 heterocycles. The standard InChI is InChI=1S/C10H11FN2O2S/c1-3-16(14,15)13-10-5-8(6-12)4-9(11)7(10)2/h4-5,13H,3H2,1-2H3. The summed E-state index contributed by atoms with van der Waals surface area (Å²) in [5.41, 5.74) is 0.367. The molecule has 6 heteroatoms.